The van der Waals surface area contributed by atoms with Crippen molar-refractivity contribution in [1.29, 1.82) is 0 Å². The molecule has 2 heterocycles. The van der Waals surface area contributed by atoms with Gasteiger partial charge in [-0.15, -0.1) is 0 Å². The van der Waals surface area contributed by atoms with Gasteiger partial charge < -0.3 is 14.4 Å². The molecule has 0 atom stereocenters. The van der Waals surface area contributed by atoms with E-state index in [0.29, 0.717) is 43.7 Å². The Bertz CT molecular complexity index is 1160. The second-order valence-electron chi connectivity index (χ2n) is 8.32. The van der Waals surface area contributed by atoms with Crippen LogP contribution in [0.2, 0.25) is 0 Å². The molecule has 0 saturated carbocycles. The Labute approximate surface area is 197 Å². The maximum atomic E-state index is 13.4. The van der Waals surface area contributed by atoms with Crippen molar-refractivity contribution in [3.8, 4) is 5.69 Å². The Balaban J connectivity index is 1.50. The lowest BCUT2D eigenvalue weighted by atomic mass is 10.0. The molecule has 3 aromatic rings. The summed E-state index contributed by atoms with van der Waals surface area (Å²) in [6, 6.07) is 13.7. The summed E-state index contributed by atoms with van der Waals surface area (Å²) in [6.45, 7) is 3.67. The van der Waals surface area contributed by atoms with Crippen LogP contribution in [0.15, 0.2) is 67.3 Å². The molecular formula is C25H27N5O4. The number of benzene rings is 2. The largest absolute Gasteiger partial charge is 0.338 e. The lowest BCUT2D eigenvalue weighted by molar-refractivity contribution is -0.384. The number of hydrogen-bond donors (Lipinski definition) is 0. The van der Waals surface area contributed by atoms with Gasteiger partial charge >= 0.3 is 0 Å². The van der Waals surface area contributed by atoms with E-state index in [1.807, 2.05) is 42.2 Å². The van der Waals surface area contributed by atoms with Crippen LogP contribution >= 0.6 is 0 Å². The molecule has 1 saturated heterocycles. The molecule has 2 aromatic carbocycles. The van der Waals surface area contributed by atoms with Crippen molar-refractivity contribution < 1.29 is 14.5 Å². The van der Waals surface area contributed by atoms with Crippen LogP contribution < -0.4 is 0 Å². The summed E-state index contributed by atoms with van der Waals surface area (Å²) < 4.78 is 1.55. The Hall–Kier alpha value is -4.01. The third kappa shape index (κ3) is 4.83. The first kappa shape index (κ1) is 23.2. The lowest BCUT2D eigenvalue weighted by Gasteiger charge is -2.38. The first-order valence-corrected chi connectivity index (χ1v) is 11.4. The fraction of sp³-hybridized carbons (Fsp3) is 0.320. The third-order valence-electron chi connectivity index (χ3n) is 6.14. The molecule has 0 N–H and O–H groups in total. The molecule has 2 amide bonds. The normalized spacial score (nSPS) is 14.1. The predicted octanol–water partition coefficient (Wildman–Crippen LogP) is 3.94. The predicted molar refractivity (Wildman–Crippen MR) is 127 cm³/mol. The van der Waals surface area contributed by atoms with Crippen molar-refractivity contribution in [2.75, 3.05) is 19.6 Å². The molecule has 9 heteroatoms. The quantitative estimate of drug-likeness (QED) is 0.392. The van der Waals surface area contributed by atoms with Crippen LogP contribution in [0.1, 0.15) is 46.9 Å². The van der Waals surface area contributed by atoms with Crippen LogP contribution in [-0.2, 0) is 0 Å². The highest BCUT2D eigenvalue weighted by atomic mass is 16.6. The van der Waals surface area contributed by atoms with Gasteiger partial charge in [-0.1, -0.05) is 25.1 Å². The number of carbonyl (C=O) groups excluding carboxylic acids is 2. The number of imidazole rings is 1. The standard InChI is InChI=1S/C25H27N5O4/c1-2-13-29(21-10-14-27(15-11-21)24(31)19-6-4-3-5-7-19)25(32)20-8-9-22(23(17-20)30(33)34)28-16-12-26-18-28/h3-9,12,16-18,21H,2,10-11,13-15H2,1H3. The molecule has 0 radical (unpaired) electrons. The van der Waals surface area contributed by atoms with Gasteiger partial charge in [0.05, 0.1) is 11.3 Å². The van der Waals surface area contributed by atoms with Gasteiger partial charge in [0.15, 0.2) is 0 Å². The number of carbonyl (C=O) groups is 2. The number of amides is 2. The van der Waals surface area contributed by atoms with Crippen molar-refractivity contribution >= 4 is 17.5 Å². The number of nitro benzene ring substituents is 1. The number of likely N-dealkylation sites (tertiary alicyclic amines) is 1. The fourth-order valence-corrected chi connectivity index (χ4v) is 4.42. The van der Waals surface area contributed by atoms with Gasteiger partial charge in [-0.2, -0.15) is 0 Å². The van der Waals surface area contributed by atoms with E-state index in [1.54, 1.807) is 34.0 Å². The Morgan fingerprint density at radius 3 is 2.47 bits per heavy atom. The van der Waals surface area contributed by atoms with Crippen LogP contribution in [0.3, 0.4) is 0 Å². The molecule has 34 heavy (non-hydrogen) atoms. The smallest absolute Gasteiger partial charge is 0.294 e. The molecule has 0 aliphatic carbocycles. The molecular weight excluding hydrogens is 434 g/mol. The zero-order chi connectivity index (χ0) is 24.1. The van der Waals surface area contributed by atoms with E-state index in [0.717, 1.165) is 6.42 Å². The monoisotopic (exact) mass is 461 g/mol. The number of aromatic nitrogens is 2. The highest BCUT2D eigenvalue weighted by Crippen LogP contribution is 2.27. The van der Waals surface area contributed by atoms with Gasteiger partial charge in [-0.25, -0.2) is 4.98 Å². The molecule has 1 fully saturated rings. The topological polar surface area (TPSA) is 102 Å². The molecule has 176 valence electrons. The molecule has 1 aliphatic heterocycles. The summed E-state index contributed by atoms with van der Waals surface area (Å²) in [5, 5.41) is 11.7. The van der Waals surface area contributed by atoms with Crippen molar-refractivity contribution in [3.63, 3.8) is 0 Å². The summed E-state index contributed by atoms with van der Waals surface area (Å²) in [4.78, 5) is 45.0. The van der Waals surface area contributed by atoms with Crippen molar-refractivity contribution in [3.05, 3.63) is 88.5 Å². The number of rotatable bonds is 7. The van der Waals surface area contributed by atoms with E-state index in [2.05, 4.69) is 4.98 Å². The number of nitro groups is 1. The molecule has 0 spiro atoms. The number of nitrogens with zero attached hydrogens (tertiary/aromatic N) is 5. The Kier molecular flexibility index (Phi) is 7.01. The molecule has 1 aliphatic rings. The molecule has 0 bridgehead atoms. The average molecular weight is 462 g/mol. The highest BCUT2D eigenvalue weighted by molar-refractivity contribution is 5.96. The first-order chi connectivity index (χ1) is 16.5. The molecule has 0 unspecified atom stereocenters. The van der Waals surface area contributed by atoms with E-state index in [-0.39, 0.29) is 29.1 Å². The van der Waals surface area contributed by atoms with Crippen LogP contribution in [0.5, 0.6) is 0 Å². The van der Waals surface area contributed by atoms with Gasteiger partial charge in [0.25, 0.3) is 17.5 Å². The van der Waals surface area contributed by atoms with Crippen LogP contribution in [0, 0.1) is 10.1 Å². The van der Waals surface area contributed by atoms with Crippen LogP contribution in [-0.4, -0.2) is 61.8 Å². The summed E-state index contributed by atoms with van der Waals surface area (Å²) >= 11 is 0. The zero-order valence-corrected chi connectivity index (χ0v) is 19.0. The summed E-state index contributed by atoms with van der Waals surface area (Å²) in [5.74, 6) is -0.229. The molecule has 4 rings (SSSR count). The Morgan fingerprint density at radius 1 is 1.12 bits per heavy atom. The third-order valence-corrected chi connectivity index (χ3v) is 6.14. The van der Waals surface area contributed by atoms with Gasteiger partial charge in [0.2, 0.25) is 0 Å². The maximum Gasteiger partial charge on any atom is 0.294 e. The summed E-state index contributed by atoms with van der Waals surface area (Å²) in [6.07, 6.45) is 6.75. The number of piperidine rings is 1. The van der Waals surface area contributed by atoms with E-state index >= 15 is 0 Å². The van der Waals surface area contributed by atoms with Crippen molar-refractivity contribution in [1.82, 2.24) is 19.4 Å². The summed E-state index contributed by atoms with van der Waals surface area (Å²) in [7, 11) is 0. The first-order valence-electron chi connectivity index (χ1n) is 11.4. The number of hydrogen-bond acceptors (Lipinski definition) is 5. The maximum absolute atomic E-state index is 13.4. The minimum absolute atomic E-state index is 0.00173. The minimum atomic E-state index is -0.482. The van der Waals surface area contributed by atoms with Crippen molar-refractivity contribution in [2.24, 2.45) is 0 Å². The second-order valence-corrected chi connectivity index (χ2v) is 8.32. The SMILES string of the molecule is CCCN(C(=O)c1ccc(-n2ccnc2)c([N+](=O)[O-])c1)C1CCN(C(=O)c2ccccc2)CC1. The van der Waals surface area contributed by atoms with E-state index in [9.17, 15) is 19.7 Å². The average Bonchev–Trinajstić information content (AvgIpc) is 3.42. The van der Waals surface area contributed by atoms with E-state index < -0.39 is 4.92 Å². The molecule has 1 aromatic heterocycles. The Morgan fingerprint density at radius 2 is 1.85 bits per heavy atom. The second kappa shape index (κ2) is 10.3. The molecule has 9 nitrogen and oxygen atoms in total. The van der Waals surface area contributed by atoms with Crippen LogP contribution in [0.25, 0.3) is 5.69 Å². The van der Waals surface area contributed by atoms with Gasteiger partial charge in [-0.05, 0) is 43.5 Å². The zero-order valence-electron chi connectivity index (χ0n) is 19.0. The lowest BCUT2D eigenvalue weighted by Crippen LogP contribution is -2.49. The summed E-state index contributed by atoms with van der Waals surface area (Å²) in [5.41, 5.74) is 1.15. The van der Waals surface area contributed by atoms with Gasteiger partial charge in [0.1, 0.15) is 5.69 Å². The van der Waals surface area contributed by atoms with Crippen LogP contribution in [0.4, 0.5) is 5.69 Å². The van der Waals surface area contributed by atoms with E-state index in [4.69, 9.17) is 0 Å². The highest BCUT2D eigenvalue weighted by Gasteiger charge is 2.31. The van der Waals surface area contributed by atoms with E-state index in [1.165, 1.54) is 12.4 Å². The van der Waals surface area contributed by atoms with Gasteiger partial charge in [0, 0.05) is 55.3 Å². The minimum Gasteiger partial charge on any atom is -0.338 e. The van der Waals surface area contributed by atoms with Gasteiger partial charge in [-0.3, -0.25) is 19.7 Å². The fourth-order valence-electron chi connectivity index (χ4n) is 4.42. The van der Waals surface area contributed by atoms with Crippen molar-refractivity contribution in [2.45, 2.75) is 32.2 Å².